The van der Waals surface area contributed by atoms with Crippen LogP contribution in [0.5, 0.6) is 0 Å². The SMILES string of the molecule is C=C1C/C(=C/C)C(=O)O[C@@H]2CCN3CC=C(COC(=O)[C@]1(O)CO)[C@H]23. The van der Waals surface area contributed by atoms with Gasteiger partial charge in [0.15, 0.2) is 0 Å². The van der Waals surface area contributed by atoms with Crippen molar-refractivity contribution < 1.29 is 29.3 Å². The van der Waals surface area contributed by atoms with Gasteiger partial charge in [-0.25, -0.2) is 9.59 Å². The average molecular weight is 349 g/mol. The zero-order valence-corrected chi connectivity index (χ0v) is 14.2. The number of allylic oxidation sites excluding steroid dienone is 1. The molecule has 0 unspecified atom stereocenters. The Labute approximate surface area is 146 Å². The van der Waals surface area contributed by atoms with E-state index in [1.54, 1.807) is 13.0 Å². The molecule has 3 aliphatic rings. The van der Waals surface area contributed by atoms with Crippen molar-refractivity contribution in [2.24, 2.45) is 0 Å². The summed E-state index contributed by atoms with van der Waals surface area (Å²) in [6.45, 7) is 5.98. The Morgan fingerprint density at radius 3 is 2.92 bits per heavy atom. The van der Waals surface area contributed by atoms with Crippen LogP contribution in [0.25, 0.3) is 0 Å². The van der Waals surface area contributed by atoms with E-state index in [2.05, 4.69) is 11.5 Å². The molecule has 0 aromatic heterocycles. The number of aliphatic hydroxyl groups excluding tert-OH is 1. The van der Waals surface area contributed by atoms with Crippen LogP contribution >= 0.6 is 0 Å². The lowest BCUT2D eigenvalue weighted by Gasteiger charge is -2.29. The average Bonchev–Trinajstić information content (AvgIpc) is 3.18. The number of rotatable bonds is 1. The Bertz CT molecular complexity index is 666. The number of ether oxygens (including phenoxy) is 2. The van der Waals surface area contributed by atoms with Crippen LogP contribution in [-0.4, -0.2) is 71.1 Å². The van der Waals surface area contributed by atoms with E-state index in [9.17, 15) is 19.8 Å². The fraction of sp³-hybridized carbons (Fsp3) is 0.556. The van der Waals surface area contributed by atoms with Gasteiger partial charge in [-0.05, 0) is 24.5 Å². The highest BCUT2D eigenvalue weighted by Crippen LogP contribution is 2.33. The zero-order chi connectivity index (χ0) is 18.2. The van der Waals surface area contributed by atoms with Gasteiger partial charge in [-0.3, -0.25) is 4.90 Å². The lowest BCUT2D eigenvalue weighted by atomic mass is 9.90. The molecule has 0 saturated carbocycles. The maximum absolute atomic E-state index is 12.5. The molecule has 7 nitrogen and oxygen atoms in total. The van der Waals surface area contributed by atoms with Crippen LogP contribution in [0.3, 0.4) is 0 Å². The molecular formula is C18H23NO6. The maximum atomic E-state index is 12.5. The van der Waals surface area contributed by atoms with E-state index in [-0.39, 0.29) is 36.3 Å². The number of cyclic esters (lactones) is 1. The Hall–Kier alpha value is -1.96. The van der Waals surface area contributed by atoms with Gasteiger partial charge in [-0.2, -0.15) is 0 Å². The second-order valence-corrected chi connectivity index (χ2v) is 6.64. The molecule has 0 bridgehead atoms. The van der Waals surface area contributed by atoms with Crippen molar-refractivity contribution in [3.63, 3.8) is 0 Å². The fourth-order valence-corrected chi connectivity index (χ4v) is 3.60. The van der Waals surface area contributed by atoms with Crippen LogP contribution in [0.4, 0.5) is 0 Å². The standard InChI is InChI=1S/C18H23NO6/c1-3-12-8-11(2)18(23,10-20)17(22)24-9-13-4-6-19-7-5-14(15(13)19)25-16(12)21/h3-4,14-15,20,23H,2,5-10H2,1H3/b12-3-/t14-,15-,18+/m1/s1. The lowest BCUT2D eigenvalue weighted by Crippen LogP contribution is -2.46. The van der Waals surface area contributed by atoms with E-state index in [0.29, 0.717) is 6.54 Å². The summed E-state index contributed by atoms with van der Waals surface area (Å²) in [4.78, 5) is 27.1. The number of hydrogen-bond donors (Lipinski definition) is 2. The summed E-state index contributed by atoms with van der Waals surface area (Å²) in [7, 11) is 0. The topological polar surface area (TPSA) is 96.3 Å². The largest absolute Gasteiger partial charge is 0.459 e. The highest BCUT2D eigenvalue weighted by molar-refractivity contribution is 5.90. The van der Waals surface area contributed by atoms with Crippen LogP contribution in [0.15, 0.2) is 35.5 Å². The van der Waals surface area contributed by atoms with Crippen LogP contribution in [0, 0.1) is 0 Å². The number of nitrogens with zero attached hydrogens (tertiary/aromatic N) is 1. The third kappa shape index (κ3) is 3.03. The van der Waals surface area contributed by atoms with Crippen LogP contribution < -0.4 is 0 Å². The molecule has 0 aromatic carbocycles. The van der Waals surface area contributed by atoms with Gasteiger partial charge in [-0.15, -0.1) is 0 Å². The van der Waals surface area contributed by atoms with E-state index in [1.165, 1.54) is 0 Å². The summed E-state index contributed by atoms with van der Waals surface area (Å²) in [6.07, 6.45) is 3.87. The summed E-state index contributed by atoms with van der Waals surface area (Å²) in [5.74, 6) is -1.45. The summed E-state index contributed by atoms with van der Waals surface area (Å²) < 4.78 is 11.0. The fourth-order valence-electron chi connectivity index (χ4n) is 3.60. The minimum absolute atomic E-state index is 0.00405. The third-order valence-electron chi connectivity index (χ3n) is 5.21. The van der Waals surface area contributed by atoms with Gasteiger partial charge in [0, 0.05) is 25.1 Å². The van der Waals surface area contributed by atoms with E-state index in [1.807, 2.05) is 6.08 Å². The Balaban J connectivity index is 1.94. The summed E-state index contributed by atoms with van der Waals surface area (Å²) >= 11 is 0. The number of esters is 2. The molecule has 25 heavy (non-hydrogen) atoms. The first kappa shape index (κ1) is 17.8. The normalized spacial score (nSPS) is 35.6. The van der Waals surface area contributed by atoms with Crippen molar-refractivity contribution in [1.29, 1.82) is 0 Å². The van der Waals surface area contributed by atoms with Crippen molar-refractivity contribution in [3.05, 3.63) is 35.5 Å². The molecule has 0 aliphatic carbocycles. The molecule has 3 aliphatic heterocycles. The quantitative estimate of drug-likeness (QED) is 0.393. The van der Waals surface area contributed by atoms with Crippen molar-refractivity contribution in [1.82, 2.24) is 4.90 Å². The minimum atomic E-state index is -2.25. The van der Waals surface area contributed by atoms with Gasteiger partial charge in [0.25, 0.3) is 0 Å². The zero-order valence-electron chi connectivity index (χ0n) is 14.2. The van der Waals surface area contributed by atoms with Gasteiger partial charge in [0.1, 0.15) is 12.7 Å². The van der Waals surface area contributed by atoms with E-state index < -0.39 is 24.1 Å². The van der Waals surface area contributed by atoms with Crippen molar-refractivity contribution in [2.45, 2.75) is 37.5 Å². The molecule has 0 amide bonds. The second-order valence-electron chi connectivity index (χ2n) is 6.64. The molecule has 7 heteroatoms. The molecule has 2 fully saturated rings. The van der Waals surface area contributed by atoms with E-state index in [4.69, 9.17) is 9.47 Å². The number of carbonyl (C=O) groups is 2. The van der Waals surface area contributed by atoms with E-state index >= 15 is 0 Å². The predicted octanol–water partition coefficient (Wildman–Crippen LogP) is 0.0853. The van der Waals surface area contributed by atoms with Crippen molar-refractivity contribution in [3.8, 4) is 0 Å². The molecule has 3 rings (SSSR count). The highest BCUT2D eigenvalue weighted by atomic mass is 16.6. The van der Waals surface area contributed by atoms with Crippen molar-refractivity contribution in [2.75, 3.05) is 26.3 Å². The second kappa shape index (κ2) is 6.74. The smallest absolute Gasteiger partial charge is 0.345 e. The Morgan fingerprint density at radius 1 is 1.48 bits per heavy atom. The predicted molar refractivity (Wildman–Crippen MR) is 88.4 cm³/mol. The molecule has 0 radical (unpaired) electrons. The molecule has 2 N–H and O–H groups in total. The molecule has 136 valence electrons. The highest BCUT2D eigenvalue weighted by Gasteiger charge is 2.45. The van der Waals surface area contributed by atoms with Gasteiger partial charge in [0.2, 0.25) is 5.60 Å². The van der Waals surface area contributed by atoms with Gasteiger partial charge in [-0.1, -0.05) is 18.7 Å². The monoisotopic (exact) mass is 349 g/mol. The number of hydrogen-bond acceptors (Lipinski definition) is 7. The van der Waals surface area contributed by atoms with Gasteiger partial charge >= 0.3 is 11.9 Å². The van der Waals surface area contributed by atoms with Crippen LogP contribution in [0.1, 0.15) is 19.8 Å². The maximum Gasteiger partial charge on any atom is 0.345 e. The number of carbonyl (C=O) groups excluding carboxylic acids is 2. The molecule has 2 saturated heterocycles. The first-order chi connectivity index (χ1) is 11.9. The Kier molecular flexibility index (Phi) is 4.81. The summed E-state index contributed by atoms with van der Waals surface area (Å²) in [6, 6.07) is -0.111. The summed E-state index contributed by atoms with van der Waals surface area (Å²) in [5, 5.41) is 20.1. The van der Waals surface area contributed by atoms with Crippen LogP contribution in [0.2, 0.25) is 0 Å². The summed E-state index contributed by atoms with van der Waals surface area (Å²) in [5.41, 5.74) is -1.12. The van der Waals surface area contributed by atoms with Crippen molar-refractivity contribution >= 4 is 11.9 Å². The molecular weight excluding hydrogens is 326 g/mol. The minimum Gasteiger partial charge on any atom is -0.459 e. The number of aliphatic hydroxyl groups is 2. The molecule has 3 atom stereocenters. The van der Waals surface area contributed by atoms with Gasteiger partial charge in [0.05, 0.1) is 12.6 Å². The molecule has 0 spiro atoms. The van der Waals surface area contributed by atoms with E-state index in [0.717, 1.165) is 18.5 Å². The van der Waals surface area contributed by atoms with Crippen LogP contribution in [-0.2, 0) is 19.1 Å². The molecule has 3 heterocycles. The lowest BCUT2D eigenvalue weighted by molar-refractivity contribution is -0.164. The first-order valence-electron chi connectivity index (χ1n) is 8.38. The molecule has 0 aromatic rings. The third-order valence-corrected chi connectivity index (χ3v) is 5.21. The first-order valence-corrected chi connectivity index (χ1v) is 8.38. The van der Waals surface area contributed by atoms with Gasteiger partial charge < -0.3 is 19.7 Å². The Morgan fingerprint density at radius 2 is 2.24 bits per heavy atom.